The quantitative estimate of drug-likeness (QED) is 0.830. The Morgan fingerprint density at radius 3 is 2.40 bits per heavy atom. The summed E-state index contributed by atoms with van der Waals surface area (Å²) in [7, 11) is 1.27. The van der Waals surface area contributed by atoms with Gasteiger partial charge in [-0.05, 0) is 18.6 Å². The molecule has 5 heteroatoms. The van der Waals surface area contributed by atoms with Gasteiger partial charge in [0, 0.05) is 5.56 Å². The fourth-order valence-electron chi connectivity index (χ4n) is 1.22. The Morgan fingerprint density at radius 1 is 1.33 bits per heavy atom. The van der Waals surface area contributed by atoms with Gasteiger partial charge in [-0.3, -0.25) is 0 Å². The van der Waals surface area contributed by atoms with Gasteiger partial charge in [0.25, 0.3) is 0 Å². The summed E-state index contributed by atoms with van der Waals surface area (Å²) in [5.74, 6) is 0.0415. The van der Waals surface area contributed by atoms with Crippen LogP contribution in [0.1, 0.15) is 17.2 Å². The van der Waals surface area contributed by atoms with E-state index in [4.69, 9.17) is 9.84 Å². The second kappa shape index (κ2) is 4.10. The van der Waals surface area contributed by atoms with E-state index in [0.717, 1.165) is 5.56 Å². The van der Waals surface area contributed by atoms with Crippen LogP contribution < -0.4 is 4.74 Å². The van der Waals surface area contributed by atoms with E-state index in [1.54, 1.807) is 6.92 Å². The molecule has 0 aromatic heterocycles. The molecule has 0 aliphatic heterocycles. The van der Waals surface area contributed by atoms with E-state index in [1.165, 1.54) is 25.3 Å². The fourth-order valence-corrected chi connectivity index (χ4v) is 1.22. The molecule has 0 saturated heterocycles. The summed E-state index contributed by atoms with van der Waals surface area (Å²) in [5, 5.41) is 9.05. The minimum absolute atomic E-state index is 0.0415. The third-order valence-electron chi connectivity index (χ3n) is 1.99. The highest BCUT2D eigenvalue weighted by molar-refractivity contribution is 5.39. The van der Waals surface area contributed by atoms with Crippen molar-refractivity contribution >= 4 is 0 Å². The number of methoxy groups -OCH3 is 1. The van der Waals surface area contributed by atoms with Crippen molar-refractivity contribution in [3.05, 3.63) is 29.3 Å². The Bertz CT molecular complexity index is 347. The minimum atomic E-state index is -4.68. The van der Waals surface area contributed by atoms with Crippen molar-refractivity contribution < 1.29 is 23.0 Å². The topological polar surface area (TPSA) is 29.5 Å². The zero-order valence-electron chi connectivity index (χ0n) is 8.30. The van der Waals surface area contributed by atoms with E-state index < -0.39 is 12.3 Å². The molecule has 1 aromatic rings. The number of hydrogen-bond acceptors (Lipinski definition) is 2. The first-order chi connectivity index (χ1) is 6.86. The summed E-state index contributed by atoms with van der Waals surface area (Å²) < 4.78 is 41.5. The number of aryl methyl sites for hydroxylation is 1. The smallest absolute Gasteiger partial charge is 0.418 e. The first-order valence-corrected chi connectivity index (χ1v) is 4.25. The number of aliphatic hydroxyl groups is 1. The maximum atomic E-state index is 12.2. The molecule has 0 bridgehead atoms. The van der Waals surface area contributed by atoms with Gasteiger partial charge in [0.1, 0.15) is 5.75 Å². The van der Waals surface area contributed by atoms with Crippen molar-refractivity contribution in [2.24, 2.45) is 0 Å². The van der Waals surface area contributed by atoms with Crippen LogP contribution in [0.5, 0.6) is 5.75 Å². The van der Waals surface area contributed by atoms with Crippen LogP contribution in [0.15, 0.2) is 18.2 Å². The largest absolute Gasteiger partial charge is 0.496 e. The van der Waals surface area contributed by atoms with Gasteiger partial charge in [0.15, 0.2) is 6.10 Å². The molecule has 0 radical (unpaired) electrons. The molecule has 15 heavy (non-hydrogen) atoms. The summed E-state index contributed by atoms with van der Waals surface area (Å²) in [5.41, 5.74) is 0.501. The molecule has 0 aliphatic rings. The fraction of sp³-hybridized carbons (Fsp3) is 0.400. The molecule has 1 rings (SSSR count). The third kappa shape index (κ3) is 2.62. The maximum absolute atomic E-state index is 12.2. The van der Waals surface area contributed by atoms with Gasteiger partial charge in [-0.2, -0.15) is 13.2 Å². The average Bonchev–Trinajstić information content (AvgIpc) is 2.15. The predicted octanol–water partition coefficient (Wildman–Crippen LogP) is 2.60. The van der Waals surface area contributed by atoms with Crippen LogP contribution in [0.25, 0.3) is 0 Å². The van der Waals surface area contributed by atoms with Crippen LogP contribution in [-0.2, 0) is 0 Å². The number of alkyl halides is 3. The lowest BCUT2D eigenvalue weighted by atomic mass is 10.1. The second-order valence-corrected chi connectivity index (χ2v) is 3.19. The first kappa shape index (κ1) is 11.8. The summed E-state index contributed by atoms with van der Waals surface area (Å²) in [6, 6.07) is 4.16. The Hall–Kier alpha value is -1.23. The predicted molar refractivity (Wildman–Crippen MR) is 48.7 cm³/mol. The van der Waals surface area contributed by atoms with Crippen molar-refractivity contribution in [3.63, 3.8) is 0 Å². The van der Waals surface area contributed by atoms with Crippen LogP contribution in [-0.4, -0.2) is 18.4 Å². The Morgan fingerprint density at radius 2 is 1.93 bits per heavy atom. The minimum Gasteiger partial charge on any atom is -0.496 e. The number of halogens is 3. The third-order valence-corrected chi connectivity index (χ3v) is 1.99. The summed E-state index contributed by atoms with van der Waals surface area (Å²) in [6.07, 6.45) is -7.18. The van der Waals surface area contributed by atoms with Crippen molar-refractivity contribution in [2.45, 2.75) is 19.2 Å². The summed E-state index contributed by atoms with van der Waals surface area (Å²) in [4.78, 5) is 0. The van der Waals surface area contributed by atoms with Gasteiger partial charge in [-0.15, -0.1) is 0 Å². The van der Waals surface area contributed by atoms with E-state index >= 15 is 0 Å². The van der Waals surface area contributed by atoms with E-state index in [2.05, 4.69) is 0 Å². The Labute approximate surface area is 85.3 Å². The molecule has 0 unspecified atom stereocenters. The summed E-state index contributed by atoms with van der Waals surface area (Å²) >= 11 is 0. The first-order valence-electron chi connectivity index (χ1n) is 4.25. The molecule has 0 heterocycles. The van der Waals surface area contributed by atoms with Crippen LogP contribution >= 0.6 is 0 Å². The molecule has 84 valence electrons. The van der Waals surface area contributed by atoms with Crippen molar-refractivity contribution in [2.75, 3.05) is 7.11 Å². The van der Waals surface area contributed by atoms with Crippen molar-refractivity contribution in [1.82, 2.24) is 0 Å². The van der Waals surface area contributed by atoms with Gasteiger partial charge in [-0.1, -0.05) is 12.1 Å². The van der Waals surface area contributed by atoms with Crippen molar-refractivity contribution in [3.8, 4) is 5.75 Å². The zero-order valence-corrected chi connectivity index (χ0v) is 8.30. The lowest BCUT2D eigenvalue weighted by Gasteiger charge is -2.17. The summed E-state index contributed by atoms with van der Waals surface area (Å²) in [6.45, 7) is 1.73. The second-order valence-electron chi connectivity index (χ2n) is 3.19. The Balaban J connectivity index is 3.14. The maximum Gasteiger partial charge on any atom is 0.418 e. The van der Waals surface area contributed by atoms with Gasteiger partial charge < -0.3 is 9.84 Å². The van der Waals surface area contributed by atoms with Gasteiger partial charge in [-0.25, -0.2) is 0 Å². The highest BCUT2D eigenvalue weighted by Gasteiger charge is 2.40. The number of benzene rings is 1. The number of rotatable bonds is 2. The lowest BCUT2D eigenvalue weighted by Crippen LogP contribution is -2.20. The van der Waals surface area contributed by atoms with Gasteiger partial charge in [0.05, 0.1) is 7.11 Å². The number of hydrogen-bond donors (Lipinski definition) is 1. The van der Waals surface area contributed by atoms with Crippen LogP contribution in [0.3, 0.4) is 0 Å². The molecule has 2 nitrogen and oxygen atoms in total. The van der Waals surface area contributed by atoms with Crippen LogP contribution in [0, 0.1) is 6.92 Å². The van der Waals surface area contributed by atoms with Gasteiger partial charge in [0.2, 0.25) is 0 Å². The molecule has 1 aromatic carbocycles. The molecule has 0 fully saturated rings. The zero-order chi connectivity index (χ0) is 11.6. The van der Waals surface area contributed by atoms with Crippen molar-refractivity contribution in [1.29, 1.82) is 0 Å². The average molecular weight is 220 g/mol. The van der Waals surface area contributed by atoms with E-state index in [9.17, 15) is 13.2 Å². The van der Waals surface area contributed by atoms with E-state index in [1.807, 2.05) is 0 Å². The van der Waals surface area contributed by atoms with Crippen LogP contribution in [0.4, 0.5) is 13.2 Å². The SMILES string of the molecule is COc1cc(C)ccc1[C@H](O)C(F)(F)F. The normalized spacial score (nSPS) is 13.7. The monoisotopic (exact) mass is 220 g/mol. The molecule has 0 aliphatic carbocycles. The highest BCUT2D eigenvalue weighted by Crippen LogP contribution is 2.37. The Kier molecular flexibility index (Phi) is 3.24. The van der Waals surface area contributed by atoms with Gasteiger partial charge >= 0.3 is 6.18 Å². The number of aliphatic hydroxyl groups excluding tert-OH is 1. The molecule has 1 atom stereocenters. The molecule has 0 spiro atoms. The molecule has 1 N–H and O–H groups in total. The van der Waals surface area contributed by atoms with E-state index in [-0.39, 0.29) is 11.3 Å². The molecular weight excluding hydrogens is 209 g/mol. The molecular formula is C10H11F3O2. The lowest BCUT2D eigenvalue weighted by molar-refractivity contribution is -0.207. The van der Waals surface area contributed by atoms with E-state index in [0.29, 0.717) is 0 Å². The highest BCUT2D eigenvalue weighted by atomic mass is 19.4. The molecule has 0 amide bonds. The standard InChI is InChI=1S/C10H11F3O2/c1-6-3-4-7(8(5-6)15-2)9(14)10(11,12)13/h3-5,9,14H,1-2H3/t9-/m0/s1. The number of ether oxygens (including phenoxy) is 1. The molecule has 0 saturated carbocycles. The van der Waals surface area contributed by atoms with Crippen LogP contribution in [0.2, 0.25) is 0 Å².